The number of likely N-dealkylation sites (N-methyl/N-ethyl adjacent to an activating group) is 1. The van der Waals surface area contributed by atoms with Crippen molar-refractivity contribution >= 4 is 0 Å². The molecule has 1 aromatic rings. The van der Waals surface area contributed by atoms with E-state index >= 15 is 0 Å². The molecule has 1 aliphatic heterocycles. The van der Waals surface area contributed by atoms with Gasteiger partial charge in [-0.3, -0.25) is 0 Å². The third-order valence-electron chi connectivity index (χ3n) is 7.36. The molecule has 1 unspecified atom stereocenters. The van der Waals surface area contributed by atoms with E-state index in [0.717, 1.165) is 13.0 Å². The van der Waals surface area contributed by atoms with Crippen molar-refractivity contribution < 1.29 is 0 Å². The zero-order valence-corrected chi connectivity index (χ0v) is 22.2. The van der Waals surface area contributed by atoms with Crippen LogP contribution in [0.3, 0.4) is 0 Å². The first-order valence-electron chi connectivity index (χ1n) is 14.6. The molecule has 1 heterocycles. The van der Waals surface area contributed by atoms with E-state index in [9.17, 15) is 0 Å². The molecule has 0 spiro atoms. The lowest BCUT2D eigenvalue weighted by atomic mass is 10.0. The van der Waals surface area contributed by atoms with Crippen molar-refractivity contribution in [2.24, 2.45) is 0 Å². The smallest absolute Gasteiger partial charge is 0.105 e. The Hall–Kier alpha value is -1.44. The van der Waals surface area contributed by atoms with E-state index in [4.69, 9.17) is 0 Å². The van der Waals surface area contributed by atoms with Crippen molar-refractivity contribution in [1.82, 2.24) is 9.80 Å². The third kappa shape index (κ3) is 12.6. The lowest BCUT2D eigenvalue weighted by Crippen LogP contribution is -2.40. The molecule has 0 fully saturated rings. The van der Waals surface area contributed by atoms with Crippen LogP contribution >= 0.6 is 0 Å². The zero-order chi connectivity index (χ0) is 23.4. The topological polar surface area (TPSA) is 6.48 Å². The SMILES string of the molecule is CCCCCCCCCCCCCCCCCCCN1C=CN(CC)C1Cc1ccccc1. The molecule has 1 aromatic carbocycles. The molecular formula is C31H54N2. The van der Waals surface area contributed by atoms with E-state index in [1.54, 1.807) is 0 Å². The van der Waals surface area contributed by atoms with Gasteiger partial charge in [0.1, 0.15) is 6.17 Å². The summed E-state index contributed by atoms with van der Waals surface area (Å²) < 4.78 is 0. The summed E-state index contributed by atoms with van der Waals surface area (Å²) in [5.74, 6) is 0. The third-order valence-corrected chi connectivity index (χ3v) is 7.36. The van der Waals surface area contributed by atoms with Crippen LogP contribution in [0.2, 0.25) is 0 Å². The molecule has 0 N–H and O–H groups in total. The summed E-state index contributed by atoms with van der Waals surface area (Å²) in [4.78, 5) is 5.06. The van der Waals surface area contributed by atoms with Crippen LogP contribution in [0, 0.1) is 0 Å². The molecule has 0 amide bonds. The molecule has 0 radical (unpaired) electrons. The monoisotopic (exact) mass is 454 g/mol. The molecule has 2 heteroatoms. The van der Waals surface area contributed by atoms with Gasteiger partial charge in [0.05, 0.1) is 0 Å². The van der Waals surface area contributed by atoms with E-state index < -0.39 is 0 Å². The van der Waals surface area contributed by atoms with Gasteiger partial charge in [0.15, 0.2) is 0 Å². The minimum atomic E-state index is 0.499. The van der Waals surface area contributed by atoms with Crippen molar-refractivity contribution in [3.05, 3.63) is 48.3 Å². The fraction of sp³-hybridized carbons (Fsp3) is 0.742. The van der Waals surface area contributed by atoms with Crippen LogP contribution < -0.4 is 0 Å². The van der Waals surface area contributed by atoms with Gasteiger partial charge >= 0.3 is 0 Å². The second-order valence-electron chi connectivity index (χ2n) is 10.2. The maximum Gasteiger partial charge on any atom is 0.105 e. The number of rotatable bonds is 21. The predicted molar refractivity (Wildman–Crippen MR) is 146 cm³/mol. The Morgan fingerprint density at radius 3 is 1.48 bits per heavy atom. The Balaban J connectivity index is 1.40. The minimum Gasteiger partial charge on any atom is -0.356 e. The summed E-state index contributed by atoms with van der Waals surface area (Å²) in [7, 11) is 0. The van der Waals surface area contributed by atoms with Gasteiger partial charge < -0.3 is 9.80 Å². The van der Waals surface area contributed by atoms with Crippen molar-refractivity contribution in [3.63, 3.8) is 0 Å². The molecule has 188 valence electrons. The molecule has 0 saturated carbocycles. The summed E-state index contributed by atoms with van der Waals surface area (Å²) >= 11 is 0. The zero-order valence-electron chi connectivity index (χ0n) is 22.2. The molecule has 2 nitrogen and oxygen atoms in total. The summed E-state index contributed by atoms with van der Waals surface area (Å²) in [6.07, 6.45) is 30.7. The molecule has 2 rings (SSSR count). The Kier molecular flexibility index (Phi) is 15.9. The van der Waals surface area contributed by atoms with Crippen molar-refractivity contribution in [2.75, 3.05) is 13.1 Å². The lowest BCUT2D eigenvalue weighted by Gasteiger charge is -2.32. The Labute approximate surface area is 206 Å². The van der Waals surface area contributed by atoms with E-state index in [-0.39, 0.29) is 0 Å². The van der Waals surface area contributed by atoms with Gasteiger partial charge in [-0.15, -0.1) is 0 Å². The predicted octanol–water partition coefficient (Wildman–Crippen LogP) is 9.32. The van der Waals surface area contributed by atoms with Gasteiger partial charge in [0.25, 0.3) is 0 Å². The standard InChI is InChI=1S/C31H54N2/c1-3-5-6-7-8-9-10-11-12-13-14-15-16-17-18-19-23-26-33-28-27-32(4-2)31(33)29-30-24-21-20-22-25-30/h20-22,24-25,27-28,31H,3-19,23,26,29H2,1-2H3. The number of unbranched alkanes of at least 4 members (excludes halogenated alkanes) is 16. The van der Waals surface area contributed by atoms with Crippen molar-refractivity contribution in [1.29, 1.82) is 0 Å². The van der Waals surface area contributed by atoms with Crippen LogP contribution in [0.15, 0.2) is 42.7 Å². The van der Waals surface area contributed by atoms with E-state index in [0.29, 0.717) is 6.17 Å². The van der Waals surface area contributed by atoms with Crippen LogP contribution in [-0.2, 0) is 6.42 Å². The highest BCUT2D eigenvalue weighted by Crippen LogP contribution is 2.21. The Bertz CT molecular complexity index is 582. The van der Waals surface area contributed by atoms with Gasteiger partial charge in [-0.2, -0.15) is 0 Å². The second kappa shape index (κ2) is 18.9. The van der Waals surface area contributed by atoms with Crippen LogP contribution in [0.4, 0.5) is 0 Å². The fourth-order valence-corrected chi connectivity index (χ4v) is 5.18. The second-order valence-corrected chi connectivity index (χ2v) is 10.2. The van der Waals surface area contributed by atoms with Crippen LogP contribution in [0.5, 0.6) is 0 Å². The van der Waals surface area contributed by atoms with Crippen LogP contribution in [-0.4, -0.2) is 29.1 Å². The van der Waals surface area contributed by atoms with E-state index in [2.05, 4.69) is 66.4 Å². The summed E-state index contributed by atoms with van der Waals surface area (Å²) in [5, 5.41) is 0. The van der Waals surface area contributed by atoms with Gasteiger partial charge in [-0.1, -0.05) is 140 Å². The summed E-state index contributed by atoms with van der Waals surface area (Å²) in [6.45, 7) is 6.85. The van der Waals surface area contributed by atoms with Gasteiger partial charge in [0.2, 0.25) is 0 Å². The Morgan fingerprint density at radius 1 is 0.545 bits per heavy atom. The molecule has 1 aliphatic rings. The maximum atomic E-state index is 2.57. The molecule has 0 aromatic heterocycles. The van der Waals surface area contributed by atoms with Gasteiger partial charge in [-0.25, -0.2) is 0 Å². The molecule has 0 aliphatic carbocycles. The quantitative estimate of drug-likeness (QED) is 0.171. The van der Waals surface area contributed by atoms with Gasteiger partial charge in [-0.05, 0) is 18.9 Å². The van der Waals surface area contributed by atoms with Crippen LogP contribution in [0.25, 0.3) is 0 Å². The lowest BCUT2D eigenvalue weighted by molar-refractivity contribution is 0.155. The first-order valence-corrected chi connectivity index (χ1v) is 14.6. The summed E-state index contributed by atoms with van der Waals surface area (Å²) in [5.41, 5.74) is 1.44. The number of nitrogens with zero attached hydrogens (tertiary/aromatic N) is 2. The first-order chi connectivity index (χ1) is 16.3. The maximum absolute atomic E-state index is 2.57. The average molecular weight is 455 g/mol. The minimum absolute atomic E-state index is 0.499. The largest absolute Gasteiger partial charge is 0.356 e. The van der Waals surface area contributed by atoms with E-state index in [1.165, 1.54) is 121 Å². The van der Waals surface area contributed by atoms with Crippen LogP contribution in [0.1, 0.15) is 129 Å². The molecule has 0 bridgehead atoms. The highest BCUT2D eigenvalue weighted by molar-refractivity contribution is 5.17. The highest BCUT2D eigenvalue weighted by Gasteiger charge is 2.24. The number of benzene rings is 1. The highest BCUT2D eigenvalue weighted by atomic mass is 15.4. The van der Waals surface area contributed by atoms with Gasteiger partial charge in [0, 0.05) is 31.9 Å². The first kappa shape index (κ1) is 27.8. The summed E-state index contributed by atoms with van der Waals surface area (Å²) in [6, 6.07) is 11.0. The Morgan fingerprint density at radius 2 is 1.00 bits per heavy atom. The molecule has 1 atom stereocenters. The number of hydrogen-bond donors (Lipinski definition) is 0. The average Bonchev–Trinajstić information content (AvgIpc) is 3.23. The molecule has 33 heavy (non-hydrogen) atoms. The van der Waals surface area contributed by atoms with Crippen molar-refractivity contribution in [2.45, 2.75) is 136 Å². The van der Waals surface area contributed by atoms with Crippen molar-refractivity contribution in [3.8, 4) is 0 Å². The fourth-order valence-electron chi connectivity index (χ4n) is 5.18. The number of hydrogen-bond acceptors (Lipinski definition) is 2. The molecular weight excluding hydrogens is 400 g/mol. The van der Waals surface area contributed by atoms with E-state index in [1.807, 2.05) is 0 Å². The normalized spacial score (nSPS) is 15.6. The molecule has 0 saturated heterocycles.